The number of rotatable bonds is 11. The molecule has 32 heavy (non-hydrogen) atoms. The molecule has 3 aliphatic rings. The Kier molecular flexibility index (Phi) is 11.0. The Morgan fingerprint density at radius 1 is 1.03 bits per heavy atom. The van der Waals surface area contributed by atoms with Crippen LogP contribution in [0.2, 0.25) is 0 Å². The molecule has 2 aliphatic heterocycles. The molecule has 3 unspecified atom stereocenters. The highest BCUT2D eigenvalue weighted by atomic mass is 16.7. The van der Waals surface area contributed by atoms with Gasteiger partial charge in [0, 0.05) is 32.8 Å². The van der Waals surface area contributed by atoms with Crippen LogP contribution in [0.25, 0.3) is 0 Å². The molecule has 0 radical (unpaired) electrons. The standard InChI is InChI=1S/C23H41N3O6/c27-21(24-9-10-26-11-14-30-15-12-26)17-20(32-22-8-4-5-13-31-22)19(25-23(28)29)16-18-6-2-1-3-7-18/h18-20,22,25H,1-17H2,(H,24,27)(H,28,29). The van der Waals surface area contributed by atoms with Crippen molar-refractivity contribution in [3.63, 3.8) is 0 Å². The van der Waals surface area contributed by atoms with E-state index in [1.165, 1.54) is 19.3 Å². The fraction of sp³-hybridized carbons (Fsp3) is 0.913. The quantitative estimate of drug-likeness (QED) is 0.439. The minimum atomic E-state index is -1.07. The summed E-state index contributed by atoms with van der Waals surface area (Å²) in [5.41, 5.74) is 0. The molecule has 0 aromatic heterocycles. The summed E-state index contributed by atoms with van der Waals surface area (Å²) in [4.78, 5) is 26.6. The van der Waals surface area contributed by atoms with Crippen molar-refractivity contribution in [2.75, 3.05) is 46.0 Å². The van der Waals surface area contributed by atoms with Crippen LogP contribution in [-0.4, -0.2) is 86.4 Å². The summed E-state index contributed by atoms with van der Waals surface area (Å²) in [7, 11) is 0. The fourth-order valence-electron chi connectivity index (χ4n) is 4.98. The number of nitrogens with one attached hydrogen (secondary N) is 2. The minimum Gasteiger partial charge on any atom is -0.465 e. The Balaban J connectivity index is 1.57. The van der Waals surface area contributed by atoms with Crippen LogP contribution in [0.1, 0.15) is 64.2 Å². The first-order valence-electron chi connectivity index (χ1n) is 12.4. The van der Waals surface area contributed by atoms with E-state index in [9.17, 15) is 14.7 Å². The number of carbonyl (C=O) groups excluding carboxylic acids is 1. The highest BCUT2D eigenvalue weighted by Crippen LogP contribution is 2.29. The van der Waals surface area contributed by atoms with E-state index in [2.05, 4.69) is 15.5 Å². The van der Waals surface area contributed by atoms with Crippen molar-refractivity contribution in [3.05, 3.63) is 0 Å². The average Bonchev–Trinajstić information content (AvgIpc) is 2.80. The van der Waals surface area contributed by atoms with Crippen LogP contribution in [0.4, 0.5) is 4.79 Å². The van der Waals surface area contributed by atoms with Gasteiger partial charge in [-0.2, -0.15) is 0 Å². The summed E-state index contributed by atoms with van der Waals surface area (Å²) < 4.78 is 17.3. The second kappa shape index (κ2) is 14.0. The SMILES string of the molecule is O=C(O)NC(CC1CCCCC1)C(CC(=O)NCCN1CCOCC1)OC1CCCCO1. The highest BCUT2D eigenvalue weighted by molar-refractivity contribution is 5.76. The van der Waals surface area contributed by atoms with Crippen molar-refractivity contribution in [3.8, 4) is 0 Å². The van der Waals surface area contributed by atoms with E-state index in [1.54, 1.807) is 0 Å². The van der Waals surface area contributed by atoms with Crippen LogP contribution in [0.3, 0.4) is 0 Å². The number of ether oxygens (including phenoxy) is 3. The third kappa shape index (κ3) is 9.21. The molecule has 3 rings (SSSR count). The molecular formula is C23H41N3O6. The smallest absolute Gasteiger partial charge is 0.404 e. The molecule has 3 N–H and O–H groups in total. The van der Waals surface area contributed by atoms with E-state index in [0.717, 1.165) is 65.0 Å². The molecule has 9 nitrogen and oxygen atoms in total. The zero-order chi connectivity index (χ0) is 22.6. The van der Waals surface area contributed by atoms with Gasteiger partial charge in [0.05, 0.1) is 31.8 Å². The normalized spacial score (nSPS) is 25.1. The van der Waals surface area contributed by atoms with E-state index in [-0.39, 0.29) is 18.6 Å². The molecule has 0 aromatic rings. The topological polar surface area (TPSA) is 109 Å². The van der Waals surface area contributed by atoms with Gasteiger partial charge in [0.15, 0.2) is 6.29 Å². The first kappa shape index (κ1) is 25.2. The van der Waals surface area contributed by atoms with Crippen molar-refractivity contribution >= 4 is 12.0 Å². The molecule has 0 bridgehead atoms. The molecule has 0 spiro atoms. The number of carboxylic acid groups (broad SMARTS) is 1. The number of carbonyl (C=O) groups is 2. The lowest BCUT2D eigenvalue weighted by atomic mass is 9.83. The van der Waals surface area contributed by atoms with E-state index in [0.29, 0.717) is 25.5 Å². The second-order valence-corrected chi connectivity index (χ2v) is 9.27. The Morgan fingerprint density at radius 3 is 2.47 bits per heavy atom. The van der Waals surface area contributed by atoms with E-state index in [1.807, 2.05) is 0 Å². The van der Waals surface area contributed by atoms with E-state index < -0.39 is 18.2 Å². The predicted molar refractivity (Wildman–Crippen MR) is 119 cm³/mol. The van der Waals surface area contributed by atoms with Gasteiger partial charge < -0.3 is 30.0 Å². The third-order valence-corrected chi connectivity index (χ3v) is 6.77. The van der Waals surface area contributed by atoms with Gasteiger partial charge in [-0.25, -0.2) is 4.79 Å². The molecule has 2 heterocycles. The zero-order valence-electron chi connectivity index (χ0n) is 19.3. The Labute approximate surface area is 191 Å². The summed E-state index contributed by atoms with van der Waals surface area (Å²) in [5, 5.41) is 15.1. The first-order chi connectivity index (χ1) is 15.6. The van der Waals surface area contributed by atoms with Crippen molar-refractivity contribution in [1.29, 1.82) is 0 Å². The van der Waals surface area contributed by atoms with Crippen LogP contribution in [0, 0.1) is 5.92 Å². The lowest BCUT2D eigenvalue weighted by Gasteiger charge is -2.34. The summed E-state index contributed by atoms with van der Waals surface area (Å²) in [5.74, 6) is 0.350. The minimum absolute atomic E-state index is 0.111. The molecule has 3 fully saturated rings. The van der Waals surface area contributed by atoms with Crippen molar-refractivity contribution in [2.24, 2.45) is 5.92 Å². The van der Waals surface area contributed by atoms with Gasteiger partial charge in [0.1, 0.15) is 0 Å². The van der Waals surface area contributed by atoms with Crippen molar-refractivity contribution in [1.82, 2.24) is 15.5 Å². The van der Waals surface area contributed by atoms with Gasteiger partial charge in [-0.05, 0) is 31.6 Å². The molecule has 2 amide bonds. The largest absolute Gasteiger partial charge is 0.465 e. The molecule has 1 aliphatic carbocycles. The van der Waals surface area contributed by atoms with E-state index >= 15 is 0 Å². The maximum atomic E-state index is 12.8. The monoisotopic (exact) mass is 455 g/mol. The summed E-state index contributed by atoms with van der Waals surface area (Å²) in [6.45, 7) is 5.21. The van der Waals surface area contributed by atoms with Gasteiger partial charge in [0.25, 0.3) is 0 Å². The molecular weight excluding hydrogens is 414 g/mol. The second-order valence-electron chi connectivity index (χ2n) is 9.27. The Hall–Kier alpha value is -1.42. The van der Waals surface area contributed by atoms with Crippen molar-refractivity contribution in [2.45, 2.75) is 82.6 Å². The number of hydrogen-bond donors (Lipinski definition) is 3. The third-order valence-electron chi connectivity index (χ3n) is 6.77. The zero-order valence-corrected chi connectivity index (χ0v) is 19.3. The number of hydrogen-bond acceptors (Lipinski definition) is 6. The molecule has 9 heteroatoms. The van der Waals surface area contributed by atoms with E-state index in [4.69, 9.17) is 14.2 Å². The lowest BCUT2D eigenvalue weighted by Crippen LogP contribution is -2.49. The number of amides is 2. The van der Waals surface area contributed by atoms with Gasteiger partial charge in [-0.1, -0.05) is 32.1 Å². The molecule has 3 atom stereocenters. The van der Waals surface area contributed by atoms with Gasteiger partial charge in [-0.3, -0.25) is 9.69 Å². The van der Waals surface area contributed by atoms with Crippen LogP contribution in [0.5, 0.6) is 0 Å². The van der Waals surface area contributed by atoms with Crippen molar-refractivity contribution < 1.29 is 28.9 Å². The fourth-order valence-corrected chi connectivity index (χ4v) is 4.98. The highest BCUT2D eigenvalue weighted by Gasteiger charge is 2.32. The average molecular weight is 456 g/mol. The number of morpholine rings is 1. The Bertz CT molecular complexity index is 560. The number of nitrogens with zero attached hydrogens (tertiary/aromatic N) is 1. The molecule has 2 saturated heterocycles. The van der Waals surface area contributed by atoms with Crippen LogP contribution in [0.15, 0.2) is 0 Å². The summed E-state index contributed by atoms with van der Waals surface area (Å²) in [6.07, 6.45) is 7.46. The lowest BCUT2D eigenvalue weighted by molar-refractivity contribution is -0.196. The molecule has 1 saturated carbocycles. The maximum Gasteiger partial charge on any atom is 0.404 e. The van der Waals surface area contributed by atoms with Gasteiger partial charge in [0.2, 0.25) is 5.91 Å². The Morgan fingerprint density at radius 2 is 1.78 bits per heavy atom. The molecule has 0 aromatic carbocycles. The predicted octanol–water partition coefficient (Wildman–Crippen LogP) is 2.34. The molecule has 184 valence electrons. The maximum absolute atomic E-state index is 12.8. The van der Waals surface area contributed by atoms with Crippen LogP contribution < -0.4 is 10.6 Å². The van der Waals surface area contributed by atoms with Crippen LogP contribution in [-0.2, 0) is 19.0 Å². The summed E-state index contributed by atoms with van der Waals surface area (Å²) >= 11 is 0. The van der Waals surface area contributed by atoms with Gasteiger partial charge in [-0.15, -0.1) is 0 Å². The van der Waals surface area contributed by atoms with Crippen LogP contribution >= 0.6 is 0 Å². The first-order valence-corrected chi connectivity index (χ1v) is 12.4. The van der Waals surface area contributed by atoms with Gasteiger partial charge >= 0.3 is 6.09 Å². The summed E-state index contributed by atoms with van der Waals surface area (Å²) in [6, 6.07) is -0.425.